The molecule has 7 heteroatoms. The van der Waals surface area contributed by atoms with Gasteiger partial charge in [-0.1, -0.05) is 59.2 Å². The molecule has 0 bridgehead atoms. The second-order valence-electron chi connectivity index (χ2n) is 9.85. The summed E-state index contributed by atoms with van der Waals surface area (Å²) in [4.78, 5) is 28.3. The standard InChI is InChI=1S/C22H40N4O2S/c1-5-6-8-15-11-16(12-15)14-24-20(27)17-9-7-10-26(17)21(28)19(22(2,3)4)25-18(29)13-23/h15-17,19H,5-14,23H2,1-4H3,(H,24,27)(H,25,29)/t15?,16?,17-,19-/m1/s1. The molecule has 0 aromatic carbocycles. The Morgan fingerprint density at radius 3 is 2.52 bits per heavy atom. The fourth-order valence-electron chi connectivity index (χ4n) is 4.47. The lowest BCUT2D eigenvalue weighted by Gasteiger charge is -2.37. The van der Waals surface area contributed by atoms with E-state index in [1.165, 1.54) is 32.1 Å². The second-order valence-corrected chi connectivity index (χ2v) is 10.3. The molecule has 6 nitrogen and oxygen atoms in total. The number of rotatable bonds is 9. The third-order valence-electron chi connectivity index (χ3n) is 6.31. The van der Waals surface area contributed by atoms with Crippen molar-refractivity contribution in [2.24, 2.45) is 23.0 Å². The fraction of sp³-hybridized carbons (Fsp3) is 0.864. The molecule has 166 valence electrons. The zero-order valence-corrected chi connectivity index (χ0v) is 19.4. The van der Waals surface area contributed by atoms with Gasteiger partial charge in [-0.15, -0.1) is 0 Å². The SMILES string of the molecule is CCCCC1CC(CNC(=O)[C@H]2CCCN2C(=O)[C@@H](NC(=S)CN)C(C)(C)C)C1. The van der Waals surface area contributed by atoms with Crippen molar-refractivity contribution in [1.82, 2.24) is 15.5 Å². The van der Waals surface area contributed by atoms with Crippen LogP contribution in [0.15, 0.2) is 0 Å². The van der Waals surface area contributed by atoms with Crippen molar-refractivity contribution in [1.29, 1.82) is 0 Å². The average Bonchev–Trinajstić information content (AvgIpc) is 3.12. The lowest BCUT2D eigenvalue weighted by Crippen LogP contribution is -2.58. The zero-order chi connectivity index (χ0) is 21.6. The highest BCUT2D eigenvalue weighted by Crippen LogP contribution is 2.36. The molecule has 2 aliphatic rings. The maximum atomic E-state index is 13.3. The van der Waals surface area contributed by atoms with Crippen LogP contribution >= 0.6 is 12.2 Å². The topological polar surface area (TPSA) is 87.5 Å². The van der Waals surface area contributed by atoms with Gasteiger partial charge in [0.05, 0.1) is 4.99 Å². The van der Waals surface area contributed by atoms with Crippen molar-refractivity contribution in [2.75, 3.05) is 19.6 Å². The Bertz CT molecular complexity index is 584. The summed E-state index contributed by atoms with van der Waals surface area (Å²) in [6.45, 7) is 9.78. The van der Waals surface area contributed by atoms with Gasteiger partial charge in [-0.3, -0.25) is 9.59 Å². The van der Waals surface area contributed by atoms with E-state index in [9.17, 15) is 9.59 Å². The van der Waals surface area contributed by atoms with Gasteiger partial charge in [-0.2, -0.15) is 0 Å². The Balaban J connectivity index is 1.89. The Hall–Kier alpha value is -1.21. The number of hydrogen-bond acceptors (Lipinski definition) is 4. The number of amides is 2. The van der Waals surface area contributed by atoms with E-state index in [0.29, 0.717) is 17.5 Å². The van der Waals surface area contributed by atoms with Crippen LogP contribution in [0, 0.1) is 17.3 Å². The van der Waals surface area contributed by atoms with Crippen LogP contribution in [-0.2, 0) is 9.59 Å². The van der Waals surface area contributed by atoms with E-state index in [0.717, 1.165) is 25.3 Å². The van der Waals surface area contributed by atoms with E-state index >= 15 is 0 Å². The Morgan fingerprint density at radius 1 is 1.24 bits per heavy atom. The summed E-state index contributed by atoms with van der Waals surface area (Å²) < 4.78 is 0. The van der Waals surface area contributed by atoms with Gasteiger partial charge in [-0.25, -0.2) is 0 Å². The molecule has 29 heavy (non-hydrogen) atoms. The first-order valence-corrected chi connectivity index (χ1v) is 11.7. The molecule has 1 saturated carbocycles. The summed E-state index contributed by atoms with van der Waals surface area (Å²) >= 11 is 5.22. The number of unbranched alkanes of at least 4 members (excludes halogenated alkanes) is 1. The molecular formula is C22H40N4O2S. The monoisotopic (exact) mass is 424 g/mol. The molecule has 2 rings (SSSR count). The van der Waals surface area contributed by atoms with E-state index in [2.05, 4.69) is 17.6 Å². The van der Waals surface area contributed by atoms with Crippen LogP contribution in [-0.4, -0.2) is 53.4 Å². The van der Waals surface area contributed by atoms with Gasteiger partial charge in [0.2, 0.25) is 11.8 Å². The maximum absolute atomic E-state index is 13.3. The highest BCUT2D eigenvalue weighted by atomic mass is 32.1. The molecule has 1 saturated heterocycles. The molecule has 0 unspecified atom stereocenters. The Morgan fingerprint density at radius 2 is 1.93 bits per heavy atom. The number of hydrogen-bond donors (Lipinski definition) is 3. The number of thiocarbonyl (C=S) groups is 1. The van der Waals surface area contributed by atoms with E-state index in [1.54, 1.807) is 4.90 Å². The van der Waals surface area contributed by atoms with Crippen molar-refractivity contribution < 1.29 is 9.59 Å². The van der Waals surface area contributed by atoms with Crippen LogP contribution in [0.1, 0.15) is 72.6 Å². The third kappa shape index (κ3) is 6.64. The van der Waals surface area contributed by atoms with Crippen LogP contribution < -0.4 is 16.4 Å². The van der Waals surface area contributed by atoms with Crippen LogP contribution in [0.4, 0.5) is 0 Å². The Kier molecular flexibility index (Phi) is 8.89. The zero-order valence-electron chi connectivity index (χ0n) is 18.6. The molecule has 0 aromatic rings. The molecule has 2 fully saturated rings. The number of carbonyl (C=O) groups is 2. The molecular weight excluding hydrogens is 384 g/mol. The van der Waals surface area contributed by atoms with Gasteiger partial charge in [0.25, 0.3) is 0 Å². The molecule has 2 atom stereocenters. The molecule has 0 spiro atoms. The summed E-state index contributed by atoms with van der Waals surface area (Å²) in [5.74, 6) is 1.36. The van der Waals surface area contributed by atoms with Crippen molar-refractivity contribution in [3.63, 3.8) is 0 Å². The minimum atomic E-state index is -0.488. The highest BCUT2D eigenvalue weighted by Gasteiger charge is 2.41. The normalized spacial score (nSPS) is 25.3. The van der Waals surface area contributed by atoms with E-state index in [1.807, 2.05) is 20.8 Å². The van der Waals surface area contributed by atoms with E-state index in [4.69, 9.17) is 18.0 Å². The first-order valence-electron chi connectivity index (χ1n) is 11.2. The molecule has 1 aliphatic carbocycles. The lowest BCUT2D eigenvalue weighted by atomic mass is 9.72. The van der Waals surface area contributed by atoms with Crippen LogP contribution in [0.25, 0.3) is 0 Å². The van der Waals surface area contributed by atoms with Crippen LogP contribution in [0.3, 0.4) is 0 Å². The van der Waals surface area contributed by atoms with Gasteiger partial charge < -0.3 is 21.3 Å². The van der Waals surface area contributed by atoms with Crippen molar-refractivity contribution in [3.05, 3.63) is 0 Å². The minimum absolute atomic E-state index is 0.0121. The minimum Gasteiger partial charge on any atom is -0.367 e. The second kappa shape index (κ2) is 10.7. The largest absolute Gasteiger partial charge is 0.367 e. The molecule has 1 aliphatic heterocycles. The summed E-state index contributed by atoms with van der Waals surface area (Å²) in [5, 5.41) is 6.23. The molecule has 4 N–H and O–H groups in total. The van der Waals surface area contributed by atoms with Gasteiger partial charge >= 0.3 is 0 Å². The van der Waals surface area contributed by atoms with Gasteiger partial charge in [-0.05, 0) is 42.9 Å². The number of nitrogens with zero attached hydrogens (tertiary/aromatic N) is 1. The molecule has 2 amide bonds. The smallest absolute Gasteiger partial charge is 0.246 e. The lowest BCUT2D eigenvalue weighted by molar-refractivity contribution is -0.141. The van der Waals surface area contributed by atoms with Crippen LogP contribution in [0.2, 0.25) is 0 Å². The quantitative estimate of drug-likeness (QED) is 0.495. The van der Waals surface area contributed by atoms with E-state index in [-0.39, 0.29) is 29.8 Å². The average molecular weight is 425 g/mol. The van der Waals surface area contributed by atoms with Crippen LogP contribution in [0.5, 0.6) is 0 Å². The van der Waals surface area contributed by atoms with Gasteiger partial charge in [0.1, 0.15) is 12.1 Å². The summed E-state index contributed by atoms with van der Waals surface area (Å²) in [6, 6.07) is -0.866. The van der Waals surface area contributed by atoms with Crippen molar-refractivity contribution >= 4 is 29.0 Å². The third-order valence-corrected chi connectivity index (χ3v) is 6.59. The maximum Gasteiger partial charge on any atom is 0.246 e. The first kappa shape index (κ1) is 24.1. The van der Waals surface area contributed by atoms with E-state index < -0.39 is 6.04 Å². The first-order chi connectivity index (χ1) is 13.7. The predicted molar refractivity (Wildman–Crippen MR) is 122 cm³/mol. The molecule has 0 aromatic heterocycles. The van der Waals surface area contributed by atoms with Gasteiger partial charge in [0, 0.05) is 19.6 Å². The molecule has 0 radical (unpaired) electrons. The molecule has 1 heterocycles. The van der Waals surface area contributed by atoms with Crippen molar-refractivity contribution in [2.45, 2.75) is 84.7 Å². The number of nitrogens with one attached hydrogen (secondary N) is 2. The predicted octanol–water partition coefficient (Wildman–Crippen LogP) is 2.60. The number of nitrogens with two attached hydrogens (primary N) is 1. The summed E-state index contributed by atoms with van der Waals surface area (Å²) in [5.41, 5.74) is 5.29. The fourth-order valence-corrected chi connectivity index (χ4v) is 4.59. The Labute approximate surface area is 181 Å². The summed E-state index contributed by atoms with van der Waals surface area (Å²) in [6.07, 6.45) is 7.89. The van der Waals surface area contributed by atoms with Gasteiger partial charge in [0.15, 0.2) is 0 Å². The number of carbonyl (C=O) groups excluding carboxylic acids is 2. The van der Waals surface area contributed by atoms with Crippen molar-refractivity contribution in [3.8, 4) is 0 Å². The summed E-state index contributed by atoms with van der Waals surface area (Å²) in [7, 11) is 0. The number of likely N-dealkylation sites (tertiary alicyclic amines) is 1. The highest BCUT2D eigenvalue weighted by molar-refractivity contribution is 7.80.